The van der Waals surface area contributed by atoms with Gasteiger partial charge in [0.05, 0.1) is 33.7 Å². The Labute approximate surface area is 231 Å². The minimum atomic E-state index is -4.56. The topological polar surface area (TPSA) is 119 Å². The summed E-state index contributed by atoms with van der Waals surface area (Å²) >= 11 is 6.56. The van der Waals surface area contributed by atoms with Crippen LogP contribution in [0.3, 0.4) is 0 Å². The number of nitrogen functional groups attached to an aromatic ring is 1. The first-order valence-corrected chi connectivity index (χ1v) is 12.6. The fourth-order valence-corrected chi connectivity index (χ4v) is 4.98. The van der Waals surface area contributed by atoms with Gasteiger partial charge in [0.1, 0.15) is 17.3 Å². The highest BCUT2D eigenvalue weighted by Crippen LogP contribution is 2.38. The molecule has 2 amide bonds. The fourth-order valence-electron chi connectivity index (χ4n) is 4.75. The number of hydrogen-bond donors (Lipinski definition) is 2. The Morgan fingerprint density at radius 1 is 1.18 bits per heavy atom. The molecular weight excluding hydrogens is 547 g/mol. The number of anilines is 2. The van der Waals surface area contributed by atoms with Gasteiger partial charge >= 0.3 is 6.18 Å². The highest BCUT2D eigenvalue weighted by Gasteiger charge is 2.31. The number of carbonyl (C=O) groups excluding carboxylic acids is 2. The van der Waals surface area contributed by atoms with Crippen molar-refractivity contribution in [2.24, 2.45) is 0 Å². The van der Waals surface area contributed by atoms with Crippen molar-refractivity contribution in [3.05, 3.63) is 77.6 Å². The van der Waals surface area contributed by atoms with Crippen LogP contribution in [0, 0.1) is 0 Å². The van der Waals surface area contributed by atoms with Crippen LogP contribution in [0.25, 0.3) is 22.2 Å². The number of nitrogens with zero attached hydrogens (tertiary/aromatic N) is 5. The third kappa shape index (κ3) is 5.22. The van der Waals surface area contributed by atoms with E-state index in [9.17, 15) is 22.8 Å². The lowest BCUT2D eigenvalue weighted by Crippen LogP contribution is -2.40. The number of rotatable bonds is 5. The summed E-state index contributed by atoms with van der Waals surface area (Å²) < 4.78 is 40.8. The van der Waals surface area contributed by atoms with Gasteiger partial charge in [0, 0.05) is 30.4 Å². The first-order chi connectivity index (χ1) is 19.1. The summed E-state index contributed by atoms with van der Waals surface area (Å²) in [4.78, 5) is 34.7. The van der Waals surface area contributed by atoms with Crippen LogP contribution in [-0.2, 0) is 11.0 Å². The molecule has 3 N–H and O–H groups in total. The van der Waals surface area contributed by atoms with Crippen molar-refractivity contribution in [1.29, 1.82) is 0 Å². The van der Waals surface area contributed by atoms with Crippen LogP contribution in [0.15, 0.2) is 61.4 Å². The molecule has 0 aliphatic carbocycles. The quantitative estimate of drug-likeness (QED) is 0.313. The molecule has 1 fully saturated rings. The van der Waals surface area contributed by atoms with Crippen LogP contribution in [-0.4, -0.2) is 49.6 Å². The zero-order chi connectivity index (χ0) is 28.6. The molecule has 0 saturated carbocycles. The van der Waals surface area contributed by atoms with E-state index in [1.54, 1.807) is 21.7 Å². The average molecular weight is 570 g/mol. The minimum absolute atomic E-state index is 0.164. The molecule has 1 aromatic carbocycles. The van der Waals surface area contributed by atoms with Crippen molar-refractivity contribution >= 4 is 46.0 Å². The normalized spacial score (nSPS) is 15.7. The standard InChI is InChI=1S/C27H23ClF3N7O2/c1-2-21(39)37-11-3-4-18(14-37)38-24-19(28)13-34-25(32)22(24)23(36-38)15-5-7-16(8-6-15)26(40)35-20-12-17(9-10-33-20)27(29,30)31/h2,5-10,12-13,18H,1,3-4,11,14H2,(H2,32,34)(H,33,35,40). The maximum atomic E-state index is 13.0. The summed E-state index contributed by atoms with van der Waals surface area (Å²) in [6.07, 6.45) is 0.678. The number of hydrogen-bond acceptors (Lipinski definition) is 6. The van der Waals surface area contributed by atoms with Gasteiger partial charge in [0.15, 0.2) is 0 Å². The van der Waals surface area contributed by atoms with Crippen molar-refractivity contribution < 1.29 is 22.8 Å². The van der Waals surface area contributed by atoms with Gasteiger partial charge < -0.3 is 16.0 Å². The molecule has 0 bridgehead atoms. The number of pyridine rings is 2. The summed E-state index contributed by atoms with van der Waals surface area (Å²) in [6.45, 7) is 4.61. The van der Waals surface area contributed by atoms with Gasteiger partial charge in [-0.1, -0.05) is 30.3 Å². The van der Waals surface area contributed by atoms with Crippen LogP contribution in [0.5, 0.6) is 0 Å². The molecule has 0 spiro atoms. The van der Waals surface area contributed by atoms with E-state index in [-0.39, 0.29) is 29.1 Å². The lowest BCUT2D eigenvalue weighted by atomic mass is 10.0. The summed E-state index contributed by atoms with van der Waals surface area (Å²) in [5, 5.41) is 8.10. The molecule has 1 saturated heterocycles. The molecule has 206 valence electrons. The van der Waals surface area contributed by atoms with Gasteiger partial charge in [0.2, 0.25) is 5.91 Å². The molecule has 1 atom stereocenters. The van der Waals surface area contributed by atoms with Crippen molar-refractivity contribution in [3.8, 4) is 11.3 Å². The first-order valence-electron chi connectivity index (χ1n) is 12.3. The zero-order valence-corrected chi connectivity index (χ0v) is 21.7. The van der Waals surface area contributed by atoms with Crippen LogP contribution >= 0.6 is 11.6 Å². The SMILES string of the molecule is C=CC(=O)N1CCCC(n2nc(-c3ccc(C(=O)Nc4cc(C(F)(F)F)ccn4)cc3)c3c(N)ncc(Cl)c32)C1. The molecular formula is C27H23ClF3N7O2. The van der Waals surface area contributed by atoms with Gasteiger partial charge in [0.25, 0.3) is 5.91 Å². The Bertz CT molecular complexity index is 1620. The maximum Gasteiger partial charge on any atom is 0.416 e. The Hall–Kier alpha value is -4.45. The largest absolute Gasteiger partial charge is 0.416 e. The van der Waals surface area contributed by atoms with E-state index in [1.165, 1.54) is 24.4 Å². The lowest BCUT2D eigenvalue weighted by molar-refractivity contribution is -0.137. The van der Waals surface area contributed by atoms with Crippen molar-refractivity contribution in [2.45, 2.75) is 25.1 Å². The second-order valence-corrected chi connectivity index (χ2v) is 9.66. The molecule has 1 aliphatic heterocycles. The highest BCUT2D eigenvalue weighted by molar-refractivity contribution is 6.35. The van der Waals surface area contributed by atoms with Gasteiger partial charge in [-0.25, -0.2) is 9.97 Å². The van der Waals surface area contributed by atoms with Crippen LogP contribution in [0.2, 0.25) is 5.02 Å². The molecule has 13 heteroatoms. The van der Waals surface area contributed by atoms with Crippen molar-refractivity contribution in [2.75, 3.05) is 24.1 Å². The van der Waals surface area contributed by atoms with Crippen molar-refractivity contribution in [3.63, 3.8) is 0 Å². The number of amides is 2. The molecule has 4 aromatic rings. The first kappa shape index (κ1) is 27.1. The van der Waals surface area contributed by atoms with Crippen LogP contribution in [0.4, 0.5) is 24.8 Å². The van der Waals surface area contributed by atoms with Crippen molar-refractivity contribution in [1.82, 2.24) is 24.6 Å². The zero-order valence-electron chi connectivity index (χ0n) is 21.0. The van der Waals surface area contributed by atoms with E-state index in [0.717, 1.165) is 31.2 Å². The summed E-state index contributed by atoms with van der Waals surface area (Å²) in [7, 11) is 0. The Morgan fingerprint density at radius 3 is 2.62 bits per heavy atom. The molecule has 4 heterocycles. The van der Waals surface area contributed by atoms with E-state index in [2.05, 4.69) is 21.9 Å². The smallest absolute Gasteiger partial charge is 0.383 e. The Morgan fingerprint density at radius 2 is 1.93 bits per heavy atom. The predicted octanol–water partition coefficient (Wildman–Crippen LogP) is 5.35. The molecule has 1 unspecified atom stereocenters. The predicted molar refractivity (Wildman–Crippen MR) is 145 cm³/mol. The van der Waals surface area contributed by atoms with Gasteiger partial charge in [-0.15, -0.1) is 0 Å². The number of nitrogens with one attached hydrogen (secondary N) is 1. The highest BCUT2D eigenvalue weighted by atomic mass is 35.5. The Balaban J connectivity index is 1.46. The molecule has 40 heavy (non-hydrogen) atoms. The average Bonchev–Trinajstić information content (AvgIpc) is 3.36. The van der Waals surface area contributed by atoms with E-state index in [4.69, 9.17) is 22.4 Å². The van der Waals surface area contributed by atoms with E-state index >= 15 is 0 Å². The number of alkyl halides is 3. The molecule has 3 aromatic heterocycles. The van der Waals surface area contributed by atoms with E-state index < -0.39 is 17.6 Å². The number of aromatic nitrogens is 4. The second kappa shape index (κ2) is 10.6. The number of piperidine rings is 1. The third-order valence-electron chi connectivity index (χ3n) is 6.69. The number of likely N-dealkylation sites (tertiary alicyclic amines) is 1. The lowest BCUT2D eigenvalue weighted by Gasteiger charge is -2.32. The van der Waals surface area contributed by atoms with E-state index in [0.29, 0.717) is 40.3 Å². The number of nitrogens with two attached hydrogens (primary N) is 1. The number of fused-ring (bicyclic) bond motifs is 1. The number of benzene rings is 1. The minimum Gasteiger partial charge on any atom is -0.383 e. The fraction of sp³-hybridized carbons (Fsp3) is 0.222. The van der Waals surface area contributed by atoms with E-state index in [1.807, 2.05) is 0 Å². The van der Waals surface area contributed by atoms with Crippen LogP contribution in [0.1, 0.15) is 34.8 Å². The van der Waals surface area contributed by atoms with Gasteiger partial charge in [-0.2, -0.15) is 18.3 Å². The molecule has 0 radical (unpaired) electrons. The monoisotopic (exact) mass is 569 g/mol. The van der Waals surface area contributed by atoms with Gasteiger partial charge in [-0.3, -0.25) is 14.3 Å². The third-order valence-corrected chi connectivity index (χ3v) is 6.96. The maximum absolute atomic E-state index is 13.0. The summed E-state index contributed by atoms with van der Waals surface area (Å²) in [5.41, 5.74) is 7.22. The summed E-state index contributed by atoms with van der Waals surface area (Å²) in [6, 6.07) is 7.75. The van der Waals surface area contributed by atoms with Gasteiger partial charge in [-0.05, 0) is 43.2 Å². The second-order valence-electron chi connectivity index (χ2n) is 9.25. The number of halogens is 4. The summed E-state index contributed by atoms with van der Waals surface area (Å²) in [5.74, 6) is -0.804. The van der Waals surface area contributed by atoms with Crippen LogP contribution < -0.4 is 11.1 Å². The molecule has 5 rings (SSSR count). The Kier molecular flexibility index (Phi) is 7.19. The molecule has 9 nitrogen and oxygen atoms in total. The molecule has 1 aliphatic rings. The number of carbonyl (C=O) groups is 2.